The largest absolute Gasteiger partial charge is 0.489 e. The van der Waals surface area contributed by atoms with Gasteiger partial charge in [-0.15, -0.1) is 0 Å². The van der Waals surface area contributed by atoms with Gasteiger partial charge in [0.15, 0.2) is 0 Å². The number of hydrogen-bond acceptors (Lipinski definition) is 2. The first-order valence-corrected chi connectivity index (χ1v) is 5.96. The van der Waals surface area contributed by atoms with Gasteiger partial charge in [0.05, 0.1) is 0 Å². The van der Waals surface area contributed by atoms with Gasteiger partial charge in [0.1, 0.15) is 18.2 Å². The highest BCUT2D eigenvalue weighted by Crippen LogP contribution is 2.20. The van der Waals surface area contributed by atoms with Crippen LogP contribution in [-0.4, -0.2) is 13.2 Å². The molecule has 0 spiro atoms. The number of hydrogen-bond donors (Lipinski definition) is 1. The number of rotatable bonds is 7. The quantitative estimate of drug-likeness (QED) is 0.735. The Morgan fingerprint density at radius 2 is 2.18 bits per heavy atom. The Kier molecular flexibility index (Phi) is 5.70. The molecule has 0 unspecified atom stereocenters. The van der Waals surface area contributed by atoms with Gasteiger partial charge in [-0.2, -0.15) is 0 Å². The van der Waals surface area contributed by atoms with Gasteiger partial charge >= 0.3 is 0 Å². The summed E-state index contributed by atoms with van der Waals surface area (Å²) >= 11 is 0. The molecule has 0 bridgehead atoms. The Morgan fingerprint density at radius 1 is 1.41 bits per heavy atom. The van der Waals surface area contributed by atoms with Crippen molar-refractivity contribution in [1.29, 1.82) is 0 Å². The van der Waals surface area contributed by atoms with E-state index < -0.39 is 0 Å². The molecule has 0 aliphatic heterocycles. The van der Waals surface area contributed by atoms with Crippen molar-refractivity contribution >= 4 is 0 Å². The highest BCUT2D eigenvalue weighted by atomic mass is 19.1. The van der Waals surface area contributed by atoms with Crippen molar-refractivity contribution < 1.29 is 9.13 Å². The maximum absolute atomic E-state index is 13.1. The zero-order chi connectivity index (χ0) is 12.7. The Bertz CT molecular complexity index is 376. The van der Waals surface area contributed by atoms with Crippen LogP contribution in [0.15, 0.2) is 30.4 Å². The first-order chi connectivity index (χ1) is 8.17. The molecule has 1 aromatic rings. The Morgan fingerprint density at radius 3 is 2.82 bits per heavy atom. The van der Waals surface area contributed by atoms with E-state index in [0.29, 0.717) is 13.2 Å². The van der Waals surface area contributed by atoms with E-state index in [1.165, 1.54) is 12.1 Å². The van der Waals surface area contributed by atoms with E-state index in [0.717, 1.165) is 29.9 Å². The minimum absolute atomic E-state index is 0.237. The van der Waals surface area contributed by atoms with Gasteiger partial charge in [-0.05, 0) is 36.7 Å². The summed E-state index contributed by atoms with van der Waals surface area (Å²) in [7, 11) is 0. The standard InChI is InChI=1S/C14H20FNO/c1-4-11(3)10-17-14-7-6-13(15)8-12(14)9-16-5-2/h6-8,16H,3-5,9-10H2,1-2H3. The topological polar surface area (TPSA) is 21.3 Å². The van der Waals surface area contributed by atoms with Gasteiger partial charge < -0.3 is 10.1 Å². The van der Waals surface area contributed by atoms with Crippen molar-refractivity contribution in [3.63, 3.8) is 0 Å². The molecule has 0 amide bonds. The van der Waals surface area contributed by atoms with Crippen molar-refractivity contribution in [2.24, 2.45) is 0 Å². The molecule has 1 aromatic carbocycles. The zero-order valence-corrected chi connectivity index (χ0v) is 10.6. The summed E-state index contributed by atoms with van der Waals surface area (Å²) in [4.78, 5) is 0. The third kappa shape index (κ3) is 4.57. The van der Waals surface area contributed by atoms with Gasteiger partial charge in [-0.1, -0.05) is 20.4 Å². The zero-order valence-electron chi connectivity index (χ0n) is 10.6. The normalized spacial score (nSPS) is 10.3. The molecule has 3 heteroatoms. The third-order valence-corrected chi connectivity index (χ3v) is 2.52. The molecule has 1 N–H and O–H groups in total. The number of ether oxygens (including phenoxy) is 1. The van der Waals surface area contributed by atoms with Gasteiger partial charge in [0.25, 0.3) is 0 Å². The van der Waals surface area contributed by atoms with Crippen molar-refractivity contribution in [3.05, 3.63) is 41.7 Å². The van der Waals surface area contributed by atoms with Crippen molar-refractivity contribution in [3.8, 4) is 5.75 Å². The lowest BCUT2D eigenvalue weighted by atomic mass is 10.2. The van der Waals surface area contributed by atoms with Gasteiger partial charge in [0, 0.05) is 12.1 Å². The van der Waals surface area contributed by atoms with Crippen LogP contribution in [0.3, 0.4) is 0 Å². The van der Waals surface area contributed by atoms with E-state index >= 15 is 0 Å². The summed E-state index contributed by atoms with van der Waals surface area (Å²) in [5, 5.41) is 3.16. The van der Waals surface area contributed by atoms with Crippen LogP contribution in [0, 0.1) is 5.82 Å². The summed E-state index contributed by atoms with van der Waals surface area (Å²) in [5.74, 6) is 0.488. The predicted octanol–water partition coefficient (Wildman–Crippen LogP) is 3.28. The molecule has 17 heavy (non-hydrogen) atoms. The fourth-order valence-electron chi connectivity index (χ4n) is 1.37. The lowest BCUT2D eigenvalue weighted by molar-refractivity contribution is 0.343. The predicted molar refractivity (Wildman–Crippen MR) is 68.7 cm³/mol. The van der Waals surface area contributed by atoms with Gasteiger partial charge in [0.2, 0.25) is 0 Å². The molecular weight excluding hydrogens is 217 g/mol. The monoisotopic (exact) mass is 237 g/mol. The molecule has 0 aromatic heterocycles. The summed E-state index contributed by atoms with van der Waals surface area (Å²) < 4.78 is 18.8. The second kappa shape index (κ2) is 7.07. The molecule has 0 aliphatic rings. The first kappa shape index (κ1) is 13.7. The second-order valence-corrected chi connectivity index (χ2v) is 3.92. The maximum atomic E-state index is 13.1. The van der Waals surface area contributed by atoms with Crippen LogP contribution in [0.2, 0.25) is 0 Å². The van der Waals surface area contributed by atoms with Crippen molar-refractivity contribution in [1.82, 2.24) is 5.32 Å². The van der Waals surface area contributed by atoms with Gasteiger partial charge in [-0.25, -0.2) is 4.39 Å². The molecule has 94 valence electrons. The highest BCUT2D eigenvalue weighted by molar-refractivity contribution is 5.34. The molecule has 0 radical (unpaired) electrons. The third-order valence-electron chi connectivity index (χ3n) is 2.52. The average Bonchev–Trinajstić information content (AvgIpc) is 2.34. The lowest BCUT2D eigenvalue weighted by Gasteiger charge is -2.12. The van der Waals surface area contributed by atoms with Crippen LogP contribution in [0.25, 0.3) is 0 Å². The molecule has 0 saturated carbocycles. The van der Waals surface area contributed by atoms with Crippen molar-refractivity contribution in [2.75, 3.05) is 13.2 Å². The fourth-order valence-corrected chi connectivity index (χ4v) is 1.37. The maximum Gasteiger partial charge on any atom is 0.124 e. The molecular formula is C14H20FNO. The average molecular weight is 237 g/mol. The van der Waals surface area contributed by atoms with E-state index in [1.807, 2.05) is 13.8 Å². The van der Waals surface area contributed by atoms with Crippen LogP contribution in [-0.2, 0) is 6.54 Å². The van der Waals surface area contributed by atoms with E-state index in [2.05, 4.69) is 11.9 Å². The van der Waals surface area contributed by atoms with Crippen LogP contribution in [0.1, 0.15) is 25.8 Å². The number of halogens is 1. The minimum atomic E-state index is -0.237. The smallest absolute Gasteiger partial charge is 0.124 e. The van der Waals surface area contributed by atoms with Crippen LogP contribution in [0.5, 0.6) is 5.75 Å². The van der Waals surface area contributed by atoms with Gasteiger partial charge in [-0.3, -0.25) is 0 Å². The van der Waals surface area contributed by atoms with E-state index in [-0.39, 0.29) is 5.82 Å². The fraction of sp³-hybridized carbons (Fsp3) is 0.429. The molecule has 0 saturated heterocycles. The lowest BCUT2D eigenvalue weighted by Crippen LogP contribution is -2.13. The van der Waals surface area contributed by atoms with E-state index in [4.69, 9.17) is 4.74 Å². The van der Waals surface area contributed by atoms with Crippen LogP contribution < -0.4 is 10.1 Å². The molecule has 0 atom stereocenters. The second-order valence-electron chi connectivity index (χ2n) is 3.92. The molecule has 2 nitrogen and oxygen atoms in total. The molecule has 0 heterocycles. The van der Waals surface area contributed by atoms with Crippen LogP contribution in [0.4, 0.5) is 4.39 Å². The highest BCUT2D eigenvalue weighted by Gasteiger charge is 2.05. The Balaban J connectivity index is 2.71. The molecule has 1 rings (SSSR count). The Labute approximate surface area is 102 Å². The minimum Gasteiger partial charge on any atom is -0.489 e. The Hall–Kier alpha value is -1.35. The molecule has 0 fully saturated rings. The van der Waals surface area contributed by atoms with Crippen molar-refractivity contribution in [2.45, 2.75) is 26.8 Å². The summed E-state index contributed by atoms with van der Waals surface area (Å²) in [6.45, 7) is 9.88. The number of nitrogens with one attached hydrogen (secondary N) is 1. The van der Waals surface area contributed by atoms with Crippen LogP contribution >= 0.6 is 0 Å². The SMILES string of the molecule is C=C(CC)COc1ccc(F)cc1CNCC. The summed E-state index contributed by atoms with van der Waals surface area (Å²) in [6.07, 6.45) is 0.893. The number of benzene rings is 1. The van der Waals surface area contributed by atoms with E-state index in [1.54, 1.807) is 6.07 Å². The summed E-state index contributed by atoms with van der Waals surface area (Å²) in [6, 6.07) is 4.59. The first-order valence-electron chi connectivity index (χ1n) is 5.96. The molecule has 0 aliphatic carbocycles. The van der Waals surface area contributed by atoms with E-state index in [9.17, 15) is 4.39 Å². The summed E-state index contributed by atoms with van der Waals surface area (Å²) in [5.41, 5.74) is 1.87.